The van der Waals surface area contributed by atoms with Crippen LogP contribution in [-0.4, -0.2) is 10.3 Å². The molecule has 256 valence electrons. The van der Waals surface area contributed by atoms with Gasteiger partial charge in [0.2, 0.25) is 0 Å². The lowest BCUT2D eigenvalue weighted by atomic mass is 10.0. The summed E-state index contributed by atoms with van der Waals surface area (Å²) in [7, 11) is 0. The Bertz CT molecular complexity index is 2840. The maximum Gasteiger partial charge on any atom is 0.0883 e. The Morgan fingerprint density at radius 1 is 0.547 bits per heavy atom. The second-order valence-electron chi connectivity index (χ2n) is 12.9. The van der Waals surface area contributed by atoms with Gasteiger partial charge in [-0.05, 0) is 76.4 Å². The maximum absolute atomic E-state index is 5.26. The van der Waals surface area contributed by atoms with Crippen LogP contribution in [0.15, 0.2) is 181 Å². The minimum Gasteiger partial charge on any atom is -0.309 e. The molecule has 0 fully saturated rings. The molecular weight excluding hydrogens is 661 g/mol. The minimum absolute atomic E-state index is 0.950. The van der Waals surface area contributed by atoms with Gasteiger partial charge < -0.3 is 4.57 Å². The topological polar surface area (TPSA) is 17.3 Å². The molecule has 0 radical (unpaired) electrons. The van der Waals surface area contributed by atoms with Crippen molar-refractivity contribution in [1.29, 1.82) is 0 Å². The molecule has 3 heteroatoms. The van der Waals surface area contributed by atoms with Crippen LogP contribution in [-0.2, 0) is 0 Å². The summed E-state index contributed by atoms with van der Waals surface area (Å²) in [6.45, 7) is 10.8. The van der Waals surface area contributed by atoms with Gasteiger partial charge in [-0.3, -0.25) is 4.99 Å². The summed E-state index contributed by atoms with van der Waals surface area (Å²) in [4.78, 5) is 5.26. The van der Waals surface area contributed by atoms with E-state index in [0.717, 1.165) is 43.5 Å². The third kappa shape index (κ3) is 6.30. The summed E-state index contributed by atoms with van der Waals surface area (Å²) in [5, 5.41) is 4.69. The highest BCUT2D eigenvalue weighted by molar-refractivity contribution is 7.17. The maximum atomic E-state index is 5.26. The van der Waals surface area contributed by atoms with E-state index in [4.69, 9.17) is 11.6 Å². The molecule has 0 saturated heterocycles. The molecule has 9 aromatic rings. The van der Waals surface area contributed by atoms with Crippen LogP contribution >= 0.6 is 11.3 Å². The second kappa shape index (κ2) is 14.7. The van der Waals surface area contributed by atoms with Crippen molar-refractivity contribution >= 4 is 61.2 Å². The summed E-state index contributed by atoms with van der Waals surface area (Å²) in [6.07, 6.45) is 0. The Hall–Kier alpha value is -6.29. The Balaban J connectivity index is 0.00000197. The predicted octanol–water partition coefficient (Wildman–Crippen LogP) is 12.4. The van der Waals surface area contributed by atoms with E-state index in [-0.39, 0.29) is 0 Å². The van der Waals surface area contributed by atoms with Crippen molar-refractivity contribution < 1.29 is 0 Å². The van der Waals surface area contributed by atoms with Crippen molar-refractivity contribution in [2.45, 2.75) is 20.8 Å². The van der Waals surface area contributed by atoms with E-state index in [9.17, 15) is 0 Å². The SMILES string of the molecule is C=c1/c(=C(\N=C(C)c2ccccc2)c2ccccc2)sc2cccc(-c3ccc(-n4c5ccccc5c5cc(-c6ccccc6)ccc54)cc3)c12.CC. The number of benzene rings is 7. The number of aromatic nitrogens is 1. The molecule has 53 heavy (non-hydrogen) atoms. The van der Waals surface area contributed by atoms with Gasteiger partial charge in [-0.2, -0.15) is 0 Å². The molecular formula is C50H40N2S. The van der Waals surface area contributed by atoms with E-state index in [2.05, 4.69) is 175 Å². The highest BCUT2D eigenvalue weighted by atomic mass is 32.1. The Kier molecular flexibility index (Phi) is 9.41. The second-order valence-corrected chi connectivity index (χ2v) is 13.9. The van der Waals surface area contributed by atoms with E-state index >= 15 is 0 Å². The zero-order valence-electron chi connectivity index (χ0n) is 30.3. The molecule has 0 amide bonds. The molecule has 2 heterocycles. The molecule has 2 nitrogen and oxygen atoms in total. The van der Waals surface area contributed by atoms with Crippen molar-refractivity contribution in [3.63, 3.8) is 0 Å². The lowest BCUT2D eigenvalue weighted by Crippen LogP contribution is -2.20. The molecule has 0 bridgehead atoms. The summed E-state index contributed by atoms with van der Waals surface area (Å²) in [5.41, 5.74) is 12.4. The first-order chi connectivity index (χ1) is 26.1. The van der Waals surface area contributed by atoms with Gasteiger partial charge >= 0.3 is 0 Å². The molecule has 0 saturated carbocycles. The molecule has 0 atom stereocenters. The van der Waals surface area contributed by atoms with Gasteiger partial charge in [0.25, 0.3) is 0 Å². The summed E-state index contributed by atoms with van der Waals surface area (Å²) < 4.78 is 4.68. The van der Waals surface area contributed by atoms with E-state index < -0.39 is 0 Å². The minimum atomic E-state index is 0.950. The molecule has 0 unspecified atom stereocenters. The Morgan fingerprint density at radius 2 is 1.15 bits per heavy atom. The van der Waals surface area contributed by atoms with Crippen LogP contribution in [0.4, 0.5) is 0 Å². The predicted molar refractivity (Wildman–Crippen MR) is 231 cm³/mol. The fourth-order valence-corrected chi connectivity index (χ4v) is 8.44. The third-order valence-corrected chi connectivity index (χ3v) is 11.0. The number of fused-ring (bicyclic) bond motifs is 4. The van der Waals surface area contributed by atoms with Gasteiger partial charge in [-0.25, -0.2) is 0 Å². The quantitative estimate of drug-likeness (QED) is 0.154. The van der Waals surface area contributed by atoms with Crippen molar-refractivity contribution in [3.8, 4) is 27.9 Å². The standard InChI is InChI=1S/C48H34N2S.C2H6/c1-32-46-40(22-14-24-45(46)51-48(32)47(37-19-10-5-11-20-37)49-33(2)34-15-6-3-7-16-34)36-25-28-39(29-26-36)50-43-23-13-12-21-41(43)42-31-38(27-30-44(42)50)35-17-8-4-9-18-35;1-2/h3-31H,1H2,2H3;1-2H3/b48-47+,49-33?;. The highest BCUT2D eigenvalue weighted by Crippen LogP contribution is 2.36. The molecule has 0 spiro atoms. The zero-order valence-corrected chi connectivity index (χ0v) is 31.1. The molecule has 0 aliphatic rings. The van der Waals surface area contributed by atoms with Crippen LogP contribution in [0.5, 0.6) is 0 Å². The van der Waals surface area contributed by atoms with Crippen LogP contribution in [0.25, 0.3) is 72.1 Å². The van der Waals surface area contributed by atoms with E-state index in [1.807, 2.05) is 26.0 Å². The normalized spacial score (nSPS) is 12.2. The molecule has 0 N–H and O–H groups in total. The number of hydrogen-bond acceptors (Lipinski definition) is 2. The lowest BCUT2D eigenvalue weighted by molar-refractivity contribution is 1.18. The van der Waals surface area contributed by atoms with E-state index in [1.165, 1.54) is 48.6 Å². The largest absolute Gasteiger partial charge is 0.309 e. The molecule has 7 aromatic carbocycles. The number of rotatable bonds is 6. The monoisotopic (exact) mass is 700 g/mol. The fourth-order valence-electron chi connectivity index (χ4n) is 7.25. The van der Waals surface area contributed by atoms with E-state index in [0.29, 0.717) is 0 Å². The first kappa shape index (κ1) is 33.8. The van der Waals surface area contributed by atoms with Crippen LogP contribution in [0, 0.1) is 0 Å². The van der Waals surface area contributed by atoms with Gasteiger partial charge in [-0.1, -0.05) is 160 Å². The fraction of sp³-hybridized carbons (Fsp3) is 0.0600. The van der Waals surface area contributed by atoms with Crippen LogP contribution < -0.4 is 9.75 Å². The molecule has 9 rings (SSSR count). The summed E-state index contributed by atoms with van der Waals surface area (Å²) >= 11 is 1.77. The van der Waals surface area contributed by atoms with Gasteiger partial charge in [-0.15, -0.1) is 11.3 Å². The summed E-state index contributed by atoms with van der Waals surface area (Å²) in [5.74, 6) is 0. The average Bonchev–Trinajstić information content (AvgIpc) is 3.75. The number of aliphatic imine (C=N–C) groups is 1. The van der Waals surface area contributed by atoms with Gasteiger partial charge in [0, 0.05) is 37.8 Å². The van der Waals surface area contributed by atoms with E-state index in [1.54, 1.807) is 11.3 Å². The highest BCUT2D eigenvalue weighted by Gasteiger charge is 2.15. The third-order valence-electron chi connectivity index (χ3n) is 9.76. The first-order valence-corrected chi connectivity index (χ1v) is 19.1. The smallest absolute Gasteiger partial charge is 0.0883 e. The van der Waals surface area contributed by atoms with Gasteiger partial charge in [0.15, 0.2) is 0 Å². The number of hydrogen-bond donors (Lipinski definition) is 0. The first-order valence-electron chi connectivity index (χ1n) is 18.2. The number of thiophene rings is 1. The Morgan fingerprint density at radius 3 is 1.87 bits per heavy atom. The lowest BCUT2D eigenvalue weighted by Gasteiger charge is -2.10. The van der Waals surface area contributed by atoms with Gasteiger partial charge in [0.1, 0.15) is 0 Å². The number of para-hydroxylation sites is 1. The zero-order chi connectivity index (χ0) is 36.3. The van der Waals surface area contributed by atoms with Crippen molar-refractivity contribution in [2.24, 2.45) is 4.99 Å². The Labute approximate surface area is 315 Å². The van der Waals surface area contributed by atoms with Crippen LogP contribution in [0.3, 0.4) is 0 Å². The van der Waals surface area contributed by atoms with Crippen molar-refractivity contribution in [3.05, 3.63) is 197 Å². The van der Waals surface area contributed by atoms with Crippen molar-refractivity contribution in [2.75, 3.05) is 0 Å². The van der Waals surface area contributed by atoms with Crippen LogP contribution in [0.2, 0.25) is 0 Å². The molecule has 0 aliphatic carbocycles. The van der Waals surface area contributed by atoms with Crippen LogP contribution in [0.1, 0.15) is 31.9 Å². The summed E-state index contributed by atoms with van der Waals surface area (Å²) in [6, 6.07) is 62.6. The van der Waals surface area contributed by atoms with Gasteiger partial charge in [0.05, 0.1) is 21.3 Å². The average molecular weight is 701 g/mol. The number of nitrogens with zero attached hydrogens (tertiary/aromatic N) is 2. The molecule has 2 aromatic heterocycles. The molecule has 0 aliphatic heterocycles. The van der Waals surface area contributed by atoms with Crippen molar-refractivity contribution in [1.82, 2.24) is 4.57 Å².